The molecule has 5 atom stereocenters. The van der Waals surface area contributed by atoms with E-state index in [1.807, 2.05) is 12.1 Å². The van der Waals surface area contributed by atoms with Crippen LogP contribution in [0.25, 0.3) is 0 Å². The van der Waals surface area contributed by atoms with Crippen LogP contribution in [0.4, 0.5) is 0 Å². The number of nitrogens with one attached hydrogen (secondary N) is 1. The molecule has 5 heteroatoms. The van der Waals surface area contributed by atoms with Crippen LogP contribution in [-0.4, -0.2) is 40.0 Å². The molecular weight excluding hydrogens is 378 g/mol. The van der Waals surface area contributed by atoms with Crippen molar-refractivity contribution in [3.63, 3.8) is 0 Å². The van der Waals surface area contributed by atoms with Gasteiger partial charge in [-0.15, -0.1) is 0 Å². The average Bonchev–Trinajstić information content (AvgIpc) is 2.70. The Morgan fingerprint density at radius 3 is 2.63 bits per heavy atom. The van der Waals surface area contributed by atoms with E-state index in [1.54, 1.807) is 12.1 Å². The number of hydrogen-bond donors (Lipinski definition) is 4. The standard InChI is InChI=1S/C25H37NO4/c1-25(2)18-14-22(25)21(7-5-3-4-6-8-24(29)30)23(15-18)26-16-20(28)13-17-9-11-19(27)12-10-17/h3,5,9-12,18,20-23,26-28H,4,6-8,13-16H2,1-2H3,(H,29,30)/b5-3-/t18-,20-,21+,22+,23+/m1/s1. The predicted molar refractivity (Wildman–Crippen MR) is 118 cm³/mol. The first kappa shape index (κ1) is 22.8. The summed E-state index contributed by atoms with van der Waals surface area (Å²) in [5.41, 5.74) is 1.42. The summed E-state index contributed by atoms with van der Waals surface area (Å²) < 4.78 is 0. The zero-order chi connectivity index (χ0) is 21.7. The Bertz CT molecular complexity index is 727. The first-order valence-corrected chi connectivity index (χ1v) is 11.3. The molecule has 3 aliphatic carbocycles. The molecule has 3 fully saturated rings. The van der Waals surface area contributed by atoms with E-state index in [0.717, 1.165) is 30.7 Å². The monoisotopic (exact) mass is 415 g/mol. The summed E-state index contributed by atoms with van der Waals surface area (Å²) in [5, 5.41) is 32.3. The highest BCUT2D eigenvalue weighted by molar-refractivity contribution is 5.66. The van der Waals surface area contributed by atoms with Crippen LogP contribution in [0.1, 0.15) is 57.9 Å². The van der Waals surface area contributed by atoms with Crippen molar-refractivity contribution in [2.75, 3.05) is 6.54 Å². The zero-order valence-electron chi connectivity index (χ0n) is 18.3. The van der Waals surface area contributed by atoms with Crippen molar-refractivity contribution >= 4 is 5.97 Å². The van der Waals surface area contributed by atoms with E-state index in [4.69, 9.17) is 5.11 Å². The lowest BCUT2D eigenvalue weighted by molar-refractivity contribution is -0.137. The summed E-state index contributed by atoms with van der Waals surface area (Å²) in [4.78, 5) is 10.6. The number of phenols is 1. The third-order valence-corrected chi connectivity index (χ3v) is 7.48. The van der Waals surface area contributed by atoms with Crippen molar-refractivity contribution in [1.29, 1.82) is 0 Å². The number of aliphatic hydroxyl groups excluding tert-OH is 1. The largest absolute Gasteiger partial charge is 0.508 e. The van der Waals surface area contributed by atoms with Gasteiger partial charge in [-0.05, 0) is 79.4 Å². The Hall–Kier alpha value is -1.85. The Kier molecular flexibility index (Phi) is 7.59. The van der Waals surface area contributed by atoms with Crippen LogP contribution in [0.2, 0.25) is 0 Å². The maximum absolute atomic E-state index is 10.6. The fraction of sp³-hybridized carbons (Fsp3) is 0.640. The van der Waals surface area contributed by atoms with Gasteiger partial charge in [-0.1, -0.05) is 38.1 Å². The fourth-order valence-corrected chi connectivity index (χ4v) is 5.51. The first-order chi connectivity index (χ1) is 14.3. The summed E-state index contributed by atoms with van der Waals surface area (Å²) in [6.45, 7) is 5.36. The summed E-state index contributed by atoms with van der Waals surface area (Å²) in [6.07, 6.45) is 9.72. The minimum atomic E-state index is -0.729. The van der Waals surface area contributed by atoms with Gasteiger partial charge in [0.2, 0.25) is 0 Å². The normalized spacial score (nSPS) is 28.2. The number of rotatable bonds is 11. The first-order valence-electron chi connectivity index (χ1n) is 11.3. The van der Waals surface area contributed by atoms with E-state index in [9.17, 15) is 15.0 Å². The number of unbranched alkanes of at least 4 members (excludes halogenated alkanes) is 1. The molecule has 0 aromatic heterocycles. The Morgan fingerprint density at radius 2 is 1.97 bits per heavy atom. The van der Waals surface area contributed by atoms with Crippen LogP contribution in [0.5, 0.6) is 5.75 Å². The van der Waals surface area contributed by atoms with Crippen LogP contribution < -0.4 is 5.32 Å². The van der Waals surface area contributed by atoms with E-state index in [1.165, 1.54) is 6.42 Å². The molecule has 0 heterocycles. The second-order valence-electron chi connectivity index (χ2n) is 9.79. The molecule has 5 nitrogen and oxygen atoms in total. The van der Waals surface area contributed by atoms with E-state index < -0.39 is 12.1 Å². The number of aliphatic carboxylic acids is 1. The Morgan fingerprint density at radius 1 is 1.23 bits per heavy atom. The number of carbonyl (C=O) groups is 1. The van der Waals surface area contributed by atoms with Crippen molar-refractivity contribution in [3.05, 3.63) is 42.0 Å². The van der Waals surface area contributed by atoms with Gasteiger partial charge in [0.25, 0.3) is 0 Å². The van der Waals surface area contributed by atoms with Crippen molar-refractivity contribution in [1.82, 2.24) is 5.32 Å². The van der Waals surface area contributed by atoms with Crippen LogP contribution >= 0.6 is 0 Å². The van der Waals surface area contributed by atoms with Gasteiger partial charge in [-0.25, -0.2) is 0 Å². The second-order valence-corrected chi connectivity index (χ2v) is 9.79. The smallest absolute Gasteiger partial charge is 0.303 e. The van der Waals surface area contributed by atoms with Gasteiger partial charge >= 0.3 is 5.97 Å². The van der Waals surface area contributed by atoms with Gasteiger partial charge in [0.05, 0.1) is 6.10 Å². The molecule has 0 radical (unpaired) electrons. The number of hydrogen-bond acceptors (Lipinski definition) is 4. The highest BCUT2D eigenvalue weighted by Gasteiger charge is 2.56. The van der Waals surface area contributed by atoms with Crippen LogP contribution in [0, 0.1) is 23.2 Å². The lowest BCUT2D eigenvalue weighted by atomic mass is 9.44. The van der Waals surface area contributed by atoms with Crippen molar-refractivity contribution in [3.8, 4) is 5.75 Å². The molecule has 2 bridgehead atoms. The van der Waals surface area contributed by atoms with Gasteiger partial charge in [0.1, 0.15) is 5.75 Å². The van der Waals surface area contributed by atoms with Gasteiger partial charge in [0, 0.05) is 19.0 Å². The highest BCUT2D eigenvalue weighted by Crippen LogP contribution is 2.62. The van der Waals surface area contributed by atoms with Crippen molar-refractivity contribution in [2.45, 2.75) is 70.9 Å². The molecular formula is C25H37NO4. The molecule has 4 N–H and O–H groups in total. The molecule has 1 aromatic carbocycles. The van der Waals surface area contributed by atoms with E-state index in [-0.39, 0.29) is 12.2 Å². The third kappa shape index (κ3) is 5.64. The van der Waals surface area contributed by atoms with Crippen LogP contribution in [0.15, 0.2) is 36.4 Å². The third-order valence-electron chi connectivity index (χ3n) is 7.48. The number of benzene rings is 1. The zero-order valence-corrected chi connectivity index (χ0v) is 18.3. The van der Waals surface area contributed by atoms with E-state index in [0.29, 0.717) is 42.7 Å². The summed E-state index contributed by atoms with van der Waals surface area (Å²) in [6, 6.07) is 7.44. The second kappa shape index (κ2) is 9.97. The maximum Gasteiger partial charge on any atom is 0.303 e. The number of carboxylic acid groups (broad SMARTS) is 1. The highest BCUT2D eigenvalue weighted by atomic mass is 16.4. The molecule has 166 valence electrons. The molecule has 1 aromatic rings. The Labute approximate surface area is 180 Å². The molecule has 0 saturated heterocycles. The molecule has 0 spiro atoms. The van der Waals surface area contributed by atoms with Crippen LogP contribution in [0.3, 0.4) is 0 Å². The van der Waals surface area contributed by atoms with E-state index >= 15 is 0 Å². The summed E-state index contributed by atoms with van der Waals surface area (Å²) in [5.74, 6) is 1.53. The number of fused-ring (bicyclic) bond motifs is 2. The topological polar surface area (TPSA) is 89.8 Å². The number of aliphatic hydroxyl groups is 1. The molecule has 0 amide bonds. The number of phenolic OH excluding ortho intramolecular Hbond substituents is 1. The lowest BCUT2D eigenvalue weighted by Gasteiger charge is -2.63. The molecule has 0 aliphatic heterocycles. The van der Waals surface area contributed by atoms with Gasteiger partial charge in [0.15, 0.2) is 0 Å². The van der Waals surface area contributed by atoms with Gasteiger partial charge < -0.3 is 20.6 Å². The average molecular weight is 416 g/mol. The molecule has 0 unspecified atom stereocenters. The van der Waals surface area contributed by atoms with Gasteiger partial charge in [-0.3, -0.25) is 4.79 Å². The summed E-state index contributed by atoms with van der Waals surface area (Å²) >= 11 is 0. The quantitative estimate of drug-likeness (QED) is 0.322. The SMILES string of the molecule is CC1(C)[C@H]2C[C@H](NC[C@H](O)Cc3ccc(O)cc3)[C@@H](C/C=C\CCCC(=O)O)[C@@H]1C2. The number of aromatic hydroxyl groups is 1. The van der Waals surface area contributed by atoms with E-state index in [2.05, 4.69) is 31.3 Å². The predicted octanol–water partition coefficient (Wildman–Crippen LogP) is 4.14. The fourth-order valence-electron chi connectivity index (χ4n) is 5.51. The molecule has 4 rings (SSSR count). The molecule has 30 heavy (non-hydrogen) atoms. The minimum absolute atomic E-state index is 0.230. The Balaban J connectivity index is 1.50. The summed E-state index contributed by atoms with van der Waals surface area (Å²) in [7, 11) is 0. The minimum Gasteiger partial charge on any atom is -0.508 e. The molecule has 3 aliphatic rings. The lowest BCUT2D eigenvalue weighted by Crippen LogP contribution is -2.61. The van der Waals surface area contributed by atoms with Gasteiger partial charge in [-0.2, -0.15) is 0 Å². The number of carboxylic acids is 1. The maximum atomic E-state index is 10.6. The van der Waals surface area contributed by atoms with Crippen molar-refractivity contribution < 1.29 is 20.1 Å². The van der Waals surface area contributed by atoms with Crippen molar-refractivity contribution in [2.24, 2.45) is 23.2 Å². The van der Waals surface area contributed by atoms with Crippen LogP contribution in [-0.2, 0) is 11.2 Å². The molecule has 3 saturated carbocycles. The number of allylic oxidation sites excluding steroid dienone is 2.